The molecule has 0 aromatic heterocycles. The molecule has 4 nitrogen and oxygen atoms in total. The van der Waals surface area contributed by atoms with Crippen LogP contribution in [0.2, 0.25) is 0 Å². The summed E-state index contributed by atoms with van der Waals surface area (Å²) in [7, 11) is 1.68. The lowest BCUT2D eigenvalue weighted by atomic mass is 10.1. The number of aldehydes is 1. The van der Waals surface area contributed by atoms with Crippen molar-refractivity contribution < 1.29 is 9.53 Å². The molecule has 4 heteroatoms. The van der Waals surface area contributed by atoms with Gasteiger partial charge in [0.05, 0.1) is 13.2 Å². The summed E-state index contributed by atoms with van der Waals surface area (Å²) in [6, 6.07) is 18.0. The fraction of sp³-hybridized carbons (Fsp3) is 0.316. The normalized spacial score (nSPS) is 16.8. The van der Waals surface area contributed by atoms with Crippen LogP contribution in [-0.4, -0.2) is 44.5 Å². The maximum absolute atomic E-state index is 11.6. The second kappa shape index (κ2) is 7.29. The van der Waals surface area contributed by atoms with Gasteiger partial charge < -0.3 is 14.4 Å². The monoisotopic (exact) mass is 310 g/mol. The van der Waals surface area contributed by atoms with E-state index in [0.29, 0.717) is 0 Å². The van der Waals surface area contributed by atoms with E-state index in [4.69, 9.17) is 4.74 Å². The number of piperazine rings is 1. The van der Waals surface area contributed by atoms with E-state index in [1.165, 1.54) is 5.69 Å². The summed E-state index contributed by atoms with van der Waals surface area (Å²) in [6.45, 7) is 3.60. The zero-order valence-electron chi connectivity index (χ0n) is 13.4. The molecule has 2 aromatic carbocycles. The van der Waals surface area contributed by atoms with Crippen molar-refractivity contribution in [1.82, 2.24) is 4.90 Å². The van der Waals surface area contributed by atoms with Crippen molar-refractivity contribution in [2.24, 2.45) is 0 Å². The minimum Gasteiger partial charge on any atom is -0.497 e. The third kappa shape index (κ3) is 3.54. The van der Waals surface area contributed by atoms with E-state index in [2.05, 4.69) is 21.9 Å². The summed E-state index contributed by atoms with van der Waals surface area (Å²) in [5.74, 6) is 0.873. The van der Waals surface area contributed by atoms with Gasteiger partial charge in [-0.3, -0.25) is 4.90 Å². The molecular formula is C19H22N2O2. The number of hydrogen-bond acceptors (Lipinski definition) is 4. The highest BCUT2D eigenvalue weighted by Crippen LogP contribution is 2.24. The van der Waals surface area contributed by atoms with Crippen LogP contribution in [0, 0.1) is 0 Å². The van der Waals surface area contributed by atoms with Crippen molar-refractivity contribution in [1.29, 1.82) is 0 Å². The topological polar surface area (TPSA) is 32.8 Å². The van der Waals surface area contributed by atoms with E-state index < -0.39 is 0 Å². The van der Waals surface area contributed by atoms with Gasteiger partial charge in [0, 0.05) is 31.9 Å². The average molecular weight is 310 g/mol. The molecule has 1 atom stereocenters. The Morgan fingerprint density at radius 1 is 0.957 bits per heavy atom. The number of methoxy groups -OCH3 is 1. The van der Waals surface area contributed by atoms with Crippen molar-refractivity contribution in [2.45, 2.75) is 6.04 Å². The predicted molar refractivity (Wildman–Crippen MR) is 92.0 cm³/mol. The number of hydrogen-bond donors (Lipinski definition) is 0. The summed E-state index contributed by atoms with van der Waals surface area (Å²) >= 11 is 0. The predicted octanol–water partition coefficient (Wildman–Crippen LogP) is 2.76. The van der Waals surface area contributed by atoms with Gasteiger partial charge in [-0.05, 0) is 29.8 Å². The van der Waals surface area contributed by atoms with Crippen LogP contribution in [0.25, 0.3) is 0 Å². The quantitative estimate of drug-likeness (QED) is 0.795. The number of carbonyl (C=O) groups is 1. The second-order valence-electron chi connectivity index (χ2n) is 5.71. The van der Waals surface area contributed by atoms with Gasteiger partial charge in [0.1, 0.15) is 12.0 Å². The molecule has 0 unspecified atom stereocenters. The first kappa shape index (κ1) is 15.6. The average Bonchev–Trinajstić information content (AvgIpc) is 2.64. The molecule has 3 rings (SSSR count). The van der Waals surface area contributed by atoms with Crippen LogP contribution in [0.3, 0.4) is 0 Å². The van der Waals surface area contributed by atoms with Crippen LogP contribution in [-0.2, 0) is 4.79 Å². The number of nitrogens with zero attached hydrogens (tertiary/aromatic N) is 2. The summed E-state index contributed by atoms with van der Waals surface area (Å²) < 4.78 is 5.20. The molecule has 0 N–H and O–H groups in total. The molecule has 1 aliphatic rings. The molecule has 0 spiro atoms. The highest BCUT2D eigenvalue weighted by Gasteiger charge is 2.24. The van der Waals surface area contributed by atoms with E-state index >= 15 is 0 Å². The lowest BCUT2D eigenvalue weighted by Crippen LogP contribution is -2.48. The van der Waals surface area contributed by atoms with Gasteiger partial charge in [-0.15, -0.1) is 0 Å². The number of anilines is 1. The summed E-state index contributed by atoms with van der Waals surface area (Å²) in [6.07, 6.45) is 1.05. The Morgan fingerprint density at radius 3 is 2.17 bits per heavy atom. The molecule has 0 bridgehead atoms. The van der Waals surface area contributed by atoms with Gasteiger partial charge in [-0.2, -0.15) is 0 Å². The number of rotatable bonds is 5. The van der Waals surface area contributed by atoms with Crippen LogP contribution in [0.1, 0.15) is 11.6 Å². The molecule has 23 heavy (non-hydrogen) atoms. The van der Waals surface area contributed by atoms with Crippen molar-refractivity contribution in [3.05, 3.63) is 60.2 Å². The molecule has 0 amide bonds. The number of benzene rings is 2. The molecule has 0 saturated carbocycles. The smallest absolute Gasteiger partial charge is 0.141 e. The zero-order valence-corrected chi connectivity index (χ0v) is 13.4. The minimum atomic E-state index is -0.144. The Kier molecular flexibility index (Phi) is 4.93. The molecule has 1 fully saturated rings. The first-order chi connectivity index (χ1) is 11.3. The van der Waals surface area contributed by atoms with Crippen molar-refractivity contribution in [2.75, 3.05) is 38.2 Å². The summed E-state index contributed by atoms with van der Waals surface area (Å²) in [5.41, 5.74) is 2.27. The fourth-order valence-corrected chi connectivity index (χ4v) is 3.08. The lowest BCUT2D eigenvalue weighted by Gasteiger charge is -2.38. The van der Waals surface area contributed by atoms with Crippen LogP contribution in [0.15, 0.2) is 54.6 Å². The Morgan fingerprint density at radius 2 is 1.61 bits per heavy atom. The van der Waals surface area contributed by atoms with Gasteiger partial charge in [0.2, 0.25) is 0 Å². The third-order valence-corrected chi connectivity index (χ3v) is 4.42. The Bertz CT molecular complexity index is 620. The van der Waals surface area contributed by atoms with Gasteiger partial charge in [-0.1, -0.05) is 30.3 Å². The molecule has 120 valence electrons. The highest BCUT2D eigenvalue weighted by molar-refractivity contribution is 5.61. The van der Waals surface area contributed by atoms with E-state index in [9.17, 15) is 4.79 Å². The second-order valence-corrected chi connectivity index (χ2v) is 5.71. The highest BCUT2D eigenvalue weighted by atomic mass is 16.5. The summed E-state index contributed by atoms with van der Waals surface area (Å²) in [4.78, 5) is 16.2. The molecule has 1 heterocycles. The van der Waals surface area contributed by atoms with Crippen molar-refractivity contribution in [3.8, 4) is 5.75 Å². The van der Waals surface area contributed by atoms with Crippen LogP contribution in [0.4, 0.5) is 5.69 Å². The van der Waals surface area contributed by atoms with Gasteiger partial charge in [-0.25, -0.2) is 0 Å². The Hall–Kier alpha value is -2.33. The van der Waals surface area contributed by atoms with Gasteiger partial charge >= 0.3 is 0 Å². The standard InChI is InChI=1S/C19H22N2O2/c1-23-18-9-7-17(8-10-18)20-11-13-21(14-12-20)19(15-22)16-5-3-2-4-6-16/h2-10,15,19H,11-14H2,1H3/t19-/m1/s1. The first-order valence-corrected chi connectivity index (χ1v) is 7.95. The lowest BCUT2D eigenvalue weighted by molar-refractivity contribution is -0.112. The maximum atomic E-state index is 11.6. The van der Waals surface area contributed by atoms with E-state index in [1.807, 2.05) is 42.5 Å². The SMILES string of the molecule is COc1ccc(N2CCN([C@H](C=O)c3ccccc3)CC2)cc1. The van der Waals surface area contributed by atoms with Gasteiger partial charge in [0.15, 0.2) is 0 Å². The largest absolute Gasteiger partial charge is 0.497 e. The zero-order chi connectivity index (χ0) is 16.1. The van der Waals surface area contributed by atoms with Crippen LogP contribution < -0.4 is 9.64 Å². The Balaban J connectivity index is 1.64. The molecular weight excluding hydrogens is 288 g/mol. The molecule has 0 aliphatic carbocycles. The van der Waals surface area contributed by atoms with Crippen molar-refractivity contribution in [3.63, 3.8) is 0 Å². The summed E-state index contributed by atoms with van der Waals surface area (Å²) in [5, 5.41) is 0. The van der Waals surface area contributed by atoms with Crippen molar-refractivity contribution >= 4 is 12.0 Å². The third-order valence-electron chi connectivity index (χ3n) is 4.42. The molecule has 1 aliphatic heterocycles. The van der Waals surface area contributed by atoms with Gasteiger partial charge in [0.25, 0.3) is 0 Å². The fourth-order valence-electron chi connectivity index (χ4n) is 3.08. The van der Waals surface area contributed by atoms with E-state index in [0.717, 1.165) is 43.8 Å². The first-order valence-electron chi connectivity index (χ1n) is 7.95. The Labute approximate surface area is 137 Å². The molecule has 1 saturated heterocycles. The maximum Gasteiger partial charge on any atom is 0.141 e. The minimum absolute atomic E-state index is 0.144. The number of ether oxygens (including phenoxy) is 1. The molecule has 2 aromatic rings. The van der Waals surface area contributed by atoms with Crippen LogP contribution in [0.5, 0.6) is 5.75 Å². The van der Waals surface area contributed by atoms with E-state index in [-0.39, 0.29) is 6.04 Å². The van der Waals surface area contributed by atoms with E-state index in [1.54, 1.807) is 7.11 Å². The molecule has 0 radical (unpaired) electrons. The number of carbonyl (C=O) groups excluding carboxylic acids is 1. The van der Waals surface area contributed by atoms with Crippen LogP contribution >= 0.6 is 0 Å².